The Morgan fingerprint density at radius 2 is 2.21 bits per heavy atom. The number of methoxy groups -OCH3 is 1. The molecule has 2 rings (SSSR count). The number of ether oxygens (including phenoxy) is 1. The summed E-state index contributed by atoms with van der Waals surface area (Å²) in [7, 11) is 1.78. The van der Waals surface area contributed by atoms with Gasteiger partial charge < -0.3 is 10.1 Å². The average Bonchev–Trinajstić information content (AvgIpc) is 3.18. The number of hydrogen-bond donors (Lipinski definition) is 1. The Kier molecular flexibility index (Phi) is 5.26. The van der Waals surface area contributed by atoms with Crippen LogP contribution in [0.4, 0.5) is 0 Å². The number of hydrogen-bond acceptors (Lipinski definition) is 2. The molecule has 1 aromatic rings. The third kappa shape index (κ3) is 4.20. The number of benzene rings is 1. The van der Waals surface area contributed by atoms with E-state index in [0.29, 0.717) is 11.5 Å². The maximum absolute atomic E-state index is 6.07. The van der Waals surface area contributed by atoms with Crippen molar-refractivity contribution >= 4 is 11.6 Å². The van der Waals surface area contributed by atoms with Crippen molar-refractivity contribution < 1.29 is 4.74 Å². The Balaban J connectivity index is 1.89. The Morgan fingerprint density at radius 3 is 2.79 bits per heavy atom. The Morgan fingerprint density at radius 1 is 1.42 bits per heavy atom. The Labute approximate surface area is 121 Å². The minimum absolute atomic E-state index is 0.402. The largest absolute Gasteiger partial charge is 0.385 e. The number of halogens is 1. The predicted molar refractivity (Wildman–Crippen MR) is 80.6 cm³/mol. The molecule has 0 bridgehead atoms. The first-order chi connectivity index (χ1) is 9.19. The van der Waals surface area contributed by atoms with E-state index in [9.17, 15) is 0 Å². The van der Waals surface area contributed by atoms with Gasteiger partial charge in [-0.05, 0) is 48.8 Å². The number of rotatable bonds is 8. The highest BCUT2D eigenvalue weighted by Crippen LogP contribution is 2.48. The standard InChI is InChI=1S/C16H24ClNO/c1-3-15(13-5-4-6-14(17)11-13)18-12-16(7-8-16)9-10-19-2/h4-6,11,15,18H,3,7-10,12H2,1-2H3. The molecule has 3 heteroatoms. The molecular formula is C16H24ClNO. The third-order valence-corrected chi connectivity index (χ3v) is 4.41. The van der Waals surface area contributed by atoms with Gasteiger partial charge in [-0.1, -0.05) is 30.7 Å². The molecule has 1 atom stereocenters. The van der Waals surface area contributed by atoms with Gasteiger partial charge in [-0.25, -0.2) is 0 Å². The van der Waals surface area contributed by atoms with Crippen molar-refractivity contribution in [1.29, 1.82) is 0 Å². The summed E-state index contributed by atoms with van der Waals surface area (Å²) in [5.74, 6) is 0. The lowest BCUT2D eigenvalue weighted by Gasteiger charge is -2.22. The summed E-state index contributed by atoms with van der Waals surface area (Å²) in [5, 5.41) is 4.53. The van der Waals surface area contributed by atoms with Crippen LogP contribution in [0.3, 0.4) is 0 Å². The van der Waals surface area contributed by atoms with Crippen LogP contribution >= 0.6 is 11.6 Å². The molecule has 1 unspecified atom stereocenters. The van der Waals surface area contributed by atoms with Gasteiger partial charge in [0.1, 0.15) is 0 Å². The van der Waals surface area contributed by atoms with Gasteiger partial charge in [0.25, 0.3) is 0 Å². The van der Waals surface area contributed by atoms with Crippen molar-refractivity contribution in [3.63, 3.8) is 0 Å². The molecule has 1 N–H and O–H groups in total. The van der Waals surface area contributed by atoms with E-state index in [-0.39, 0.29) is 0 Å². The maximum Gasteiger partial charge on any atom is 0.0468 e. The fourth-order valence-corrected chi connectivity index (χ4v) is 2.77. The van der Waals surface area contributed by atoms with Crippen LogP contribution in [0.15, 0.2) is 24.3 Å². The first kappa shape index (κ1) is 14.8. The van der Waals surface area contributed by atoms with Crippen LogP contribution in [0.5, 0.6) is 0 Å². The van der Waals surface area contributed by atoms with Crippen molar-refractivity contribution in [3.8, 4) is 0 Å². The molecule has 1 saturated carbocycles. The zero-order valence-electron chi connectivity index (χ0n) is 11.9. The lowest BCUT2D eigenvalue weighted by atomic mass is 10.00. The van der Waals surface area contributed by atoms with Crippen LogP contribution in [0, 0.1) is 5.41 Å². The Bertz CT molecular complexity index is 403. The van der Waals surface area contributed by atoms with Crippen molar-refractivity contribution in [1.82, 2.24) is 5.32 Å². The predicted octanol–water partition coefficient (Wildman–Crippen LogP) is 4.20. The van der Waals surface area contributed by atoms with Crippen molar-refractivity contribution in [2.45, 2.75) is 38.6 Å². The molecule has 106 valence electrons. The van der Waals surface area contributed by atoms with Gasteiger partial charge in [0, 0.05) is 31.3 Å². The summed E-state index contributed by atoms with van der Waals surface area (Å²) in [6.07, 6.45) is 4.91. The van der Waals surface area contributed by atoms with Crippen LogP contribution in [-0.2, 0) is 4.74 Å². The monoisotopic (exact) mass is 281 g/mol. The molecule has 0 saturated heterocycles. The topological polar surface area (TPSA) is 21.3 Å². The summed E-state index contributed by atoms with van der Waals surface area (Å²) in [4.78, 5) is 0. The van der Waals surface area contributed by atoms with Gasteiger partial charge >= 0.3 is 0 Å². The van der Waals surface area contributed by atoms with E-state index >= 15 is 0 Å². The second-order valence-electron chi connectivity index (χ2n) is 5.64. The molecule has 0 spiro atoms. The summed E-state index contributed by atoms with van der Waals surface area (Å²) >= 11 is 6.07. The minimum Gasteiger partial charge on any atom is -0.385 e. The van der Waals surface area contributed by atoms with Gasteiger partial charge in [-0.2, -0.15) is 0 Å². The molecule has 2 nitrogen and oxygen atoms in total. The summed E-state index contributed by atoms with van der Waals surface area (Å²) in [6, 6.07) is 8.58. The van der Waals surface area contributed by atoms with E-state index in [2.05, 4.69) is 24.4 Å². The van der Waals surface area contributed by atoms with Crippen LogP contribution < -0.4 is 5.32 Å². The smallest absolute Gasteiger partial charge is 0.0468 e. The first-order valence-corrected chi connectivity index (χ1v) is 7.55. The summed E-state index contributed by atoms with van der Waals surface area (Å²) < 4.78 is 5.21. The van der Waals surface area contributed by atoms with Crippen LogP contribution in [-0.4, -0.2) is 20.3 Å². The van der Waals surface area contributed by atoms with E-state index < -0.39 is 0 Å². The second kappa shape index (κ2) is 6.74. The highest BCUT2D eigenvalue weighted by atomic mass is 35.5. The average molecular weight is 282 g/mol. The second-order valence-corrected chi connectivity index (χ2v) is 6.08. The normalized spacial score (nSPS) is 18.3. The van der Waals surface area contributed by atoms with Gasteiger partial charge in [0.15, 0.2) is 0 Å². The zero-order valence-corrected chi connectivity index (χ0v) is 12.7. The molecule has 1 aromatic carbocycles. The number of nitrogens with one attached hydrogen (secondary N) is 1. The molecule has 0 aromatic heterocycles. The SMILES string of the molecule is CCC(NCC1(CCOC)CC1)c1cccc(Cl)c1. The third-order valence-electron chi connectivity index (χ3n) is 4.18. The van der Waals surface area contributed by atoms with Gasteiger partial charge in [0.2, 0.25) is 0 Å². The van der Waals surface area contributed by atoms with Crippen LogP contribution in [0.2, 0.25) is 5.02 Å². The van der Waals surface area contributed by atoms with E-state index in [0.717, 1.165) is 24.6 Å². The molecule has 19 heavy (non-hydrogen) atoms. The highest BCUT2D eigenvalue weighted by Gasteiger charge is 2.41. The molecule has 0 aliphatic heterocycles. The van der Waals surface area contributed by atoms with Crippen LogP contribution in [0.1, 0.15) is 44.2 Å². The van der Waals surface area contributed by atoms with E-state index in [4.69, 9.17) is 16.3 Å². The van der Waals surface area contributed by atoms with Crippen molar-refractivity contribution in [2.75, 3.05) is 20.3 Å². The fourth-order valence-electron chi connectivity index (χ4n) is 2.57. The summed E-state index contributed by atoms with van der Waals surface area (Å²) in [6.45, 7) is 4.17. The van der Waals surface area contributed by atoms with Crippen molar-refractivity contribution in [3.05, 3.63) is 34.9 Å². The minimum atomic E-state index is 0.402. The van der Waals surface area contributed by atoms with E-state index in [1.165, 1.54) is 24.8 Å². The first-order valence-electron chi connectivity index (χ1n) is 7.17. The lowest BCUT2D eigenvalue weighted by molar-refractivity contribution is 0.170. The van der Waals surface area contributed by atoms with Crippen molar-refractivity contribution in [2.24, 2.45) is 5.41 Å². The molecule has 1 aliphatic rings. The molecule has 0 amide bonds. The maximum atomic E-state index is 6.07. The summed E-state index contributed by atoms with van der Waals surface area (Å²) in [5.41, 5.74) is 1.78. The molecule has 0 radical (unpaired) electrons. The molecule has 1 aliphatic carbocycles. The fraction of sp³-hybridized carbons (Fsp3) is 0.625. The van der Waals surface area contributed by atoms with E-state index in [1.807, 2.05) is 12.1 Å². The lowest BCUT2D eigenvalue weighted by Crippen LogP contribution is -2.28. The highest BCUT2D eigenvalue weighted by molar-refractivity contribution is 6.30. The molecule has 1 fully saturated rings. The molecule has 0 heterocycles. The van der Waals surface area contributed by atoms with Gasteiger partial charge in [-0.15, -0.1) is 0 Å². The quantitative estimate of drug-likeness (QED) is 0.771. The van der Waals surface area contributed by atoms with Crippen LogP contribution in [0.25, 0.3) is 0 Å². The van der Waals surface area contributed by atoms with E-state index in [1.54, 1.807) is 7.11 Å². The Hall–Kier alpha value is -0.570. The van der Waals surface area contributed by atoms with Gasteiger partial charge in [-0.3, -0.25) is 0 Å². The zero-order chi connectivity index (χ0) is 13.7. The van der Waals surface area contributed by atoms with Gasteiger partial charge in [0.05, 0.1) is 0 Å². The molecular weight excluding hydrogens is 258 g/mol.